The van der Waals surface area contributed by atoms with Crippen molar-refractivity contribution in [2.45, 2.75) is 72.6 Å². The summed E-state index contributed by atoms with van der Waals surface area (Å²) in [6.07, 6.45) is 0.578. The minimum atomic E-state index is -1.10. The molecule has 0 saturated heterocycles. The molecule has 0 bridgehead atoms. The molecule has 3 aromatic rings. The Bertz CT molecular complexity index is 1490. The van der Waals surface area contributed by atoms with Gasteiger partial charge in [0.05, 0.1) is 40.5 Å². The van der Waals surface area contributed by atoms with E-state index in [9.17, 15) is 19.5 Å². The lowest BCUT2D eigenvalue weighted by molar-refractivity contribution is -0.148. The Hall–Kier alpha value is -3.94. The molecular weight excluding hydrogens is 472 g/mol. The molecule has 2 aliphatic rings. The predicted octanol–water partition coefficient (Wildman–Crippen LogP) is 4.97. The molecule has 2 atom stereocenters. The van der Waals surface area contributed by atoms with Crippen LogP contribution in [0, 0.1) is 0 Å². The van der Waals surface area contributed by atoms with Crippen LogP contribution in [0.15, 0.2) is 41.2 Å². The topological polar surface area (TPSA) is 108 Å². The summed E-state index contributed by atoms with van der Waals surface area (Å²) < 4.78 is 12.8. The summed E-state index contributed by atoms with van der Waals surface area (Å²) in [6, 6.07) is 7.39. The minimum absolute atomic E-state index is 0.00329. The number of aromatic nitrogens is 2. The molecule has 2 aromatic heterocycles. The van der Waals surface area contributed by atoms with Gasteiger partial charge >= 0.3 is 11.9 Å². The second-order valence-corrected chi connectivity index (χ2v) is 8.96. The molecule has 37 heavy (non-hydrogen) atoms. The van der Waals surface area contributed by atoms with E-state index in [2.05, 4.69) is 6.58 Å². The Morgan fingerprint density at radius 2 is 1.97 bits per heavy atom. The van der Waals surface area contributed by atoms with Crippen LogP contribution in [0.2, 0.25) is 0 Å². The molecule has 4 heterocycles. The van der Waals surface area contributed by atoms with Crippen LogP contribution in [0.25, 0.3) is 22.3 Å². The monoisotopic (exact) mass is 504 g/mol. The van der Waals surface area contributed by atoms with Gasteiger partial charge in [0.2, 0.25) is 0 Å². The van der Waals surface area contributed by atoms with Gasteiger partial charge in [0.25, 0.3) is 5.56 Å². The summed E-state index contributed by atoms with van der Waals surface area (Å²) in [4.78, 5) is 41.8. The molecule has 0 spiro atoms. The summed E-state index contributed by atoms with van der Waals surface area (Å²) in [5.74, 6) is -1.32. The van der Waals surface area contributed by atoms with Crippen molar-refractivity contribution in [2.24, 2.45) is 0 Å². The number of hydrogen-bond acceptors (Lipinski definition) is 6. The quantitative estimate of drug-likeness (QED) is 0.292. The third-order valence-electron chi connectivity index (χ3n) is 7.03. The maximum atomic E-state index is 13.4. The van der Waals surface area contributed by atoms with Crippen molar-refractivity contribution >= 4 is 22.8 Å². The molecule has 0 saturated carbocycles. The van der Waals surface area contributed by atoms with Crippen molar-refractivity contribution < 1.29 is 24.2 Å². The molecule has 8 heteroatoms. The van der Waals surface area contributed by atoms with Gasteiger partial charge in [-0.25, -0.2) is 9.78 Å². The average Bonchev–Trinajstić information content (AvgIpc) is 3.26. The van der Waals surface area contributed by atoms with Gasteiger partial charge in [-0.2, -0.15) is 0 Å². The average molecular weight is 505 g/mol. The number of aryl methyl sites for hydroxylation is 1. The first-order valence-corrected chi connectivity index (χ1v) is 12.7. The summed E-state index contributed by atoms with van der Waals surface area (Å²) in [7, 11) is 0. The van der Waals surface area contributed by atoms with E-state index >= 15 is 0 Å². The van der Waals surface area contributed by atoms with Gasteiger partial charge < -0.3 is 19.1 Å². The third-order valence-corrected chi connectivity index (χ3v) is 7.03. The van der Waals surface area contributed by atoms with Gasteiger partial charge in [-0.3, -0.25) is 9.59 Å². The molecule has 0 amide bonds. The first-order valence-electron chi connectivity index (χ1n) is 12.7. The predicted molar refractivity (Wildman–Crippen MR) is 141 cm³/mol. The van der Waals surface area contributed by atoms with Gasteiger partial charge in [0.15, 0.2) is 0 Å². The van der Waals surface area contributed by atoms with E-state index in [0.717, 1.165) is 39.0 Å². The zero-order valence-electron chi connectivity index (χ0n) is 21.9. The van der Waals surface area contributed by atoms with E-state index in [1.54, 1.807) is 17.6 Å². The Balaban J connectivity index is 0.00000156. The number of cyclic esters (lactones) is 1. The summed E-state index contributed by atoms with van der Waals surface area (Å²) in [6.45, 7) is 13.6. The van der Waals surface area contributed by atoms with Crippen LogP contribution < -0.4 is 10.3 Å². The summed E-state index contributed by atoms with van der Waals surface area (Å²) >= 11 is 0. The number of benzene rings is 1. The van der Waals surface area contributed by atoms with E-state index in [0.29, 0.717) is 30.7 Å². The van der Waals surface area contributed by atoms with Gasteiger partial charge in [0, 0.05) is 10.9 Å². The highest BCUT2D eigenvalue weighted by Crippen LogP contribution is 2.39. The molecule has 2 aliphatic heterocycles. The maximum Gasteiger partial charge on any atom is 0.334 e. The molecule has 0 fully saturated rings. The molecular formula is C29H32N2O6. The number of hydrogen-bond donors (Lipinski definition) is 1. The van der Waals surface area contributed by atoms with Gasteiger partial charge in [0.1, 0.15) is 18.5 Å². The van der Waals surface area contributed by atoms with Crippen molar-refractivity contribution in [3.05, 3.63) is 69.0 Å². The van der Waals surface area contributed by atoms with Crippen molar-refractivity contribution in [1.82, 2.24) is 9.55 Å². The maximum absolute atomic E-state index is 13.4. The standard InChI is InChI=1S/C27H26N2O6.C2H6/c1-5-16-19-9-15(35-14(4)13(3)26(31)32)7-8-22(19)28-24-20(16)11-29-23(24)10-18-17(6-2)27(33)34-12-21(18)25(29)30;1-2/h7-10,14,17H,3,5-6,11-12H2,1-2,4H3,(H,31,32);1-2H3. The Morgan fingerprint density at radius 3 is 2.62 bits per heavy atom. The SMILES string of the molecule is C=C(C(=O)O)C(C)Oc1ccc2nc3c(c(CC)c2c1)Cn1c-3cc2c(c1=O)COC(=O)C2CC.CC. The minimum Gasteiger partial charge on any atom is -0.486 e. The number of esters is 1. The van der Waals surface area contributed by atoms with Crippen molar-refractivity contribution in [3.8, 4) is 17.1 Å². The van der Waals surface area contributed by atoms with E-state index in [1.165, 1.54) is 0 Å². The number of fused-ring (bicyclic) bond motifs is 5. The fourth-order valence-electron chi connectivity index (χ4n) is 5.09. The summed E-state index contributed by atoms with van der Waals surface area (Å²) in [5.41, 5.74) is 5.37. The number of carbonyl (C=O) groups is 2. The van der Waals surface area contributed by atoms with Gasteiger partial charge in [-0.15, -0.1) is 0 Å². The second kappa shape index (κ2) is 10.2. The number of carbonyl (C=O) groups excluding carboxylic acids is 1. The van der Waals surface area contributed by atoms with E-state index in [-0.39, 0.29) is 23.7 Å². The highest BCUT2D eigenvalue weighted by molar-refractivity contribution is 5.90. The van der Waals surface area contributed by atoms with E-state index in [1.807, 2.05) is 45.9 Å². The molecule has 0 radical (unpaired) electrons. The largest absolute Gasteiger partial charge is 0.486 e. The lowest BCUT2D eigenvalue weighted by Gasteiger charge is -2.24. The van der Waals surface area contributed by atoms with Crippen molar-refractivity contribution in [3.63, 3.8) is 0 Å². The molecule has 194 valence electrons. The second-order valence-electron chi connectivity index (χ2n) is 8.96. The van der Waals surface area contributed by atoms with Crippen LogP contribution in [-0.4, -0.2) is 32.7 Å². The summed E-state index contributed by atoms with van der Waals surface area (Å²) in [5, 5.41) is 10.1. The highest BCUT2D eigenvalue weighted by Gasteiger charge is 2.34. The van der Waals surface area contributed by atoms with Crippen LogP contribution in [0.4, 0.5) is 0 Å². The lowest BCUT2D eigenvalue weighted by Crippen LogP contribution is -2.32. The van der Waals surface area contributed by atoms with Crippen LogP contribution in [0.3, 0.4) is 0 Å². The zero-order chi connectivity index (χ0) is 27.0. The number of carboxylic acids is 1. The number of rotatable bonds is 6. The molecule has 2 unspecified atom stereocenters. The Kier molecular flexibility index (Phi) is 7.21. The fourth-order valence-corrected chi connectivity index (χ4v) is 5.09. The van der Waals surface area contributed by atoms with Crippen LogP contribution in [0.5, 0.6) is 5.75 Å². The molecule has 8 nitrogen and oxygen atoms in total. The zero-order valence-corrected chi connectivity index (χ0v) is 21.9. The fraction of sp³-hybridized carbons (Fsp3) is 0.379. The van der Waals surface area contributed by atoms with Gasteiger partial charge in [-0.1, -0.05) is 34.3 Å². The molecule has 0 aliphatic carbocycles. The van der Waals surface area contributed by atoms with Crippen molar-refractivity contribution in [2.75, 3.05) is 0 Å². The third kappa shape index (κ3) is 4.30. The first-order chi connectivity index (χ1) is 17.7. The number of carboxylic acid groups (broad SMARTS) is 1. The lowest BCUT2D eigenvalue weighted by atomic mass is 9.90. The number of aliphatic carboxylic acids is 1. The van der Waals surface area contributed by atoms with Crippen LogP contribution in [-0.2, 0) is 33.9 Å². The normalized spacial score (nSPS) is 16.0. The first kappa shape index (κ1) is 26.1. The molecule has 5 rings (SSSR count). The van der Waals surface area contributed by atoms with E-state index in [4.69, 9.17) is 14.5 Å². The Morgan fingerprint density at radius 1 is 1.24 bits per heavy atom. The van der Waals surface area contributed by atoms with Crippen LogP contribution >= 0.6 is 0 Å². The number of pyridine rings is 2. The molecule has 1 aromatic carbocycles. The highest BCUT2D eigenvalue weighted by atomic mass is 16.5. The van der Waals surface area contributed by atoms with Gasteiger partial charge in [-0.05, 0) is 55.2 Å². The van der Waals surface area contributed by atoms with Crippen molar-refractivity contribution in [1.29, 1.82) is 0 Å². The number of nitrogens with zero attached hydrogens (tertiary/aromatic N) is 2. The Labute approximate surface area is 215 Å². The van der Waals surface area contributed by atoms with E-state index < -0.39 is 18.0 Å². The smallest absolute Gasteiger partial charge is 0.334 e. The molecule has 1 N–H and O–H groups in total. The van der Waals surface area contributed by atoms with Crippen LogP contribution in [0.1, 0.15) is 69.2 Å². The number of ether oxygens (including phenoxy) is 2.